The highest BCUT2D eigenvalue weighted by Crippen LogP contribution is 2.24. The molecule has 3 heterocycles. The summed E-state index contributed by atoms with van der Waals surface area (Å²) in [4.78, 5) is 10.9. The molecule has 106 valence electrons. The fraction of sp³-hybridized carbons (Fsp3) is 0.462. The lowest BCUT2D eigenvalue weighted by molar-refractivity contribution is 0.416. The molecule has 0 aromatic carbocycles. The second-order valence-corrected chi connectivity index (χ2v) is 6.03. The Bertz CT molecular complexity index is 598. The van der Waals surface area contributed by atoms with E-state index in [1.807, 2.05) is 6.07 Å². The van der Waals surface area contributed by atoms with E-state index in [1.165, 1.54) is 0 Å². The summed E-state index contributed by atoms with van der Waals surface area (Å²) in [5.41, 5.74) is 7.03. The molecule has 2 atom stereocenters. The number of nitrogens with two attached hydrogens (primary N) is 1. The van der Waals surface area contributed by atoms with E-state index < -0.39 is 0 Å². The first-order chi connectivity index (χ1) is 9.65. The Balaban J connectivity index is 1.86. The van der Waals surface area contributed by atoms with Gasteiger partial charge in [0.2, 0.25) is 5.95 Å². The van der Waals surface area contributed by atoms with E-state index in [2.05, 4.69) is 47.9 Å². The number of piperidine rings is 1. The first-order valence-electron chi connectivity index (χ1n) is 6.70. The first kappa shape index (κ1) is 13.5. The van der Waals surface area contributed by atoms with Crippen LogP contribution in [-0.2, 0) is 0 Å². The summed E-state index contributed by atoms with van der Waals surface area (Å²) in [6.07, 6.45) is 5.64. The summed E-state index contributed by atoms with van der Waals surface area (Å²) in [7, 11) is 0. The second kappa shape index (κ2) is 5.49. The number of hydrogen-bond donors (Lipinski definition) is 2. The number of nitrogens with one attached hydrogen (secondary N) is 1. The highest BCUT2D eigenvalue weighted by Gasteiger charge is 2.27. The van der Waals surface area contributed by atoms with Crippen molar-refractivity contribution in [2.24, 2.45) is 5.73 Å². The van der Waals surface area contributed by atoms with Gasteiger partial charge in [0, 0.05) is 41.1 Å². The van der Waals surface area contributed by atoms with Crippen LogP contribution in [0.4, 0.5) is 5.95 Å². The molecule has 7 heteroatoms. The summed E-state index contributed by atoms with van der Waals surface area (Å²) >= 11 is 3.41. The molecule has 2 unspecified atom stereocenters. The molecule has 0 radical (unpaired) electrons. The van der Waals surface area contributed by atoms with Crippen LogP contribution < -0.4 is 10.6 Å². The minimum Gasteiger partial charge on any atom is -0.335 e. The Morgan fingerprint density at radius 1 is 1.45 bits per heavy atom. The van der Waals surface area contributed by atoms with Crippen molar-refractivity contribution < 1.29 is 0 Å². The van der Waals surface area contributed by atoms with Gasteiger partial charge < -0.3 is 10.6 Å². The third-order valence-corrected chi connectivity index (χ3v) is 4.19. The molecule has 3 N–H and O–H groups in total. The van der Waals surface area contributed by atoms with Gasteiger partial charge in [-0.05, 0) is 41.8 Å². The number of rotatable bonds is 2. The van der Waals surface area contributed by atoms with Crippen LogP contribution in [0.5, 0.6) is 0 Å². The molecule has 0 amide bonds. The van der Waals surface area contributed by atoms with Crippen LogP contribution >= 0.6 is 15.9 Å². The Kier molecular flexibility index (Phi) is 3.71. The number of aromatic nitrogens is 4. The Labute approximate surface area is 125 Å². The van der Waals surface area contributed by atoms with Crippen molar-refractivity contribution in [1.29, 1.82) is 0 Å². The Morgan fingerprint density at radius 2 is 2.30 bits per heavy atom. The lowest BCUT2D eigenvalue weighted by atomic mass is 9.99. The number of hydrogen-bond acceptors (Lipinski definition) is 5. The van der Waals surface area contributed by atoms with E-state index in [0.717, 1.165) is 35.2 Å². The third-order valence-electron chi connectivity index (χ3n) is 3.76. The quantitative estimate of drug-likeness (QED) is 0.875. The molecule has 1 saturated heterocycles. The zero-order valence-electron chi connectivity index (χ0n) is 11.3. The predicted molar refractivity (Wildman–Crippen MR) is 81.3 cm³/mol. The number of aromatic amines is 1. The van der Waals surface area contributed by atoms with Crippen molar-refractivity contribution in [3.8, 4) is 11.4 Å². The topological polar surface area (TPSA) is 83.7 Å². The summed E-state index contributed by atoms with van der Waals surface area (Å²) < 4.78 is 0.918. The molecule has 1 fully saturated rings. The van der Waals surface area contributed by atoms with Crippen molar-refractivity contribution in [2.75, 3.05) is 11.4 Å². The van der Waals surface area contributed by atoms with Crippen LogP contribution in [0.25, 0.3) is 11.4 Å². The average Bonchev–Trinajstić information content (AvgIpc) is 2.91. The highest BCUT2D eigenvalue weighted by molar-refractivity contribution is 9.10. The maximum atomic E-state index is 6.12. The van der Waals surface area contributed by atoms with E-state index in [0.29, 0.717) is 5.95 Å². The fourth-order valence-corrected chi connectivity index (χ4v) is 2.87. The van der Waals surface area contributed by atoms with Gasteiger partial charge >= 0.3 is 0 Å². The molecular formula is C13H17BrN6. The molecule has 1 aliphatic rings. The van der Waals surface area contributed by atoms with E-state index in [9.17, 15) is 0 Å². The van der Waals surface area contributed by atoms with E-state index in [4.69, 9.17) is 5.73 Å². The second-order valence-electron chi connectivity index (χ2n) is 5.12. The van der Waals surface area contributed by atoms with Gasteiger partial charge in [-0.15, -0.1) is 5.10 Å². The highest BCUT2D eigenvalue weighted by atomic mass is 79.9. The number of pyridine rings is 1. The number of halogens is 1. The standard InChI is InChI=1S/C13H17BrN6/c1-8-11(15)3-2-4-20(8)13-17-12(18-19-13)9-5-10(14)7-16-6-9/h5-8,11H,2-4,15H2,1H3,(H,17,18,19). The maximum absolute atomic E-state index is 6.12. The predicted octanol–water partition coefficient (Wildman–Crippen LogP) is 1.95. The zero-order valence-corrected chi connectivity index (χ0v) is 12.8. The average molecular weight is 337 g/mol. The molecule has 3 rings (SSSR count). The normalized spacial score (nSPS) is 23.1. The Hall–Kier alpha value is -1.47. The van der Waals surface area contributed by atoms with Gasteiger partial charge in [-0.3, -0.25) is 10.1 Å². The monoisotopic (exact) mass is 336 g/mol. The lowest BCUT2D eigenvalue weighted by Crippen LogP contribution is -2.50. The molecule has 1 aliphatic heterocycles. The van der Waals surface area contributed by atoms with Gasteiger partial charge in [0.05, 0.1) is 0 Å². The van der Waals surface area contributed by atoms with Gasteiger partial charge in [0.1, 0.15) is 0 Å². The summed E-state index contributed by atoms with van der Waals surface area (Å²) in [6.45, 7) is 3.07. The molecule has 6 nitrogen and oxygen atoms in total. The van der Waals surface area contributed by atoms with Crippen LogP contribution in [0.1, 0.15) is 19.8 Å². The van der Waals surface area contributed by atoms with Crippen LogP contribution in [0.2, 0.25) is 0 Å². The van der Waals surface area contributed by atoms with E-state index >= 15 is 0 Å². The van der Waals surface area contributed by atoms with Crippen molar-refractivity contribution in [1.82, 2.24) is 20.2 Å². The van der Waals surface area contributed by atoms with E-state index in [1.54, 1.807) is 12.4 Å². The molecule has 0 spiro atoms. The number of H-pyrrole nitrogens is 1. The molecule has 20 heavy (non-hydrogen) atoms. The number of nitrogens with zero attached hydrogens (tertiary/aromatic N) is 4. The van der Waals surface area contributed by atoms with Crippen LogP contribution in [0, 0.1) is 0 Å². The van der Waals surface area contributed by atoms with E-state index in [-0.39, 0.29) is 12.1 Å². The number of anilines is 1. The minimum atomic E-state index is 0.179. The van der Waals surface area contributed by atoms with Gasteiger partial charge in [0.25, 0.3) is 0 Å². The lowest BCUT2D eigenvalue weighted by Gasteiger charge is -2.36. The summed E-state index contributed by atoms with van der Waals surface area (Å²) in [5, 5.41) is 7.30. The molecule has 0 aliphatic carbocycles. The van der Waals surface area contributed by atoms with Gasteiger partial charge in [-0.2, -0.15) is 4.98 Å². The van der Waals surface area contributed by atoms with Crippen molar-refractivity contribution >= 4 is 21.9 Å². The maximum Gasteiger partial charge on any atom is 0.245 e. The largest absolute Gasteiger partial charge is 0.335 e. The third kappa shape index (κ3) is 2.55. The Morgan fingerprint density at radius 3 is 3.10 bits per heavy atom. The van der Waals surface area contributed by atoms with Crippen LogP contribution in [0.15, 0.2) is 22.9 Å². The van der Waals surface area contributed by atoms with Crippen molar-refractivity contribution in [3.63, 3.8) is 0 Å². The fourth-order valence-electron chi connectivity index (χ4n) is 2.51. The summed E-state index contributed by atoms with van der Waals surface area (Å²) in [6, 6.07) is 2.40. The molecular weight excluding hydrogens is 320 g/mol. The van der Waals surface area contributed by atoms with Gasteiger partial charge in [-0.25, -0.2) is 0 Å². The van der Waals surface area contributed by atoms with Gasteiger partial charge in [-0.1, -0.05) is 0 Å². The molecule has 0 bridgehead atoms. The summed E-state index contributed by atoms with van der Waals surface area (Å²) in [5.74, 6) is 1.43. The van der Waals surface area contributed by atoms with Crippen molar-refractivity contribution in [3.05, 3.63) is 22.9 Å². The van der Waals surface area contributed by atoms with Crippen molar-refractivity contribution in [2.45, 2.75) is 31.8 Å². The zero-order chi connectivity index (χ0) is 14.1. The minimum absolute atomic E-state index is 0.179. The molecule has 0 saturated carbocycles. The van der Waals surface area contributed by atoms with Crippen LogP contribution in [-0.4, -0.2) is 38.8 Å². The first-order valence-corrected chi connectivity index (χ1v) is 7.50. The van der Waals surface area contributed by atoms with Crippen LogP contribution in [0.3, 0.4) is 0 Å². The molecule has 2 aromatic rings. The smallest absolute Gasteiger partial charge is 0.245 e. The SMILES string of the molecule is CC1C(N)CCCN1c1n[nH]c(-c2cncc(Br)c2)n1. The molecule has 2 aromatic heterocycles. The van der Waals surface area contributed by atoms with Gasteiger partial charge in [0.15, 0.2) is 5.82 Å².